The van der Waals surface area contributed by atoms with Crippen LogP contribution in [0.25, 0.3) is 0 Å². The second-order valence-electron chi connectivity index (χ2n) is 8.91. The molecule has 3 aromatic rings. The predicted octanol–water partition coefficient (Wildman–Crippen LogP) is 5.29. The van der Waals surface area contributed by atoms with E-state index in [-0.39, 0.29) is 41.2 Å². The van der Waals surface area contributed by atoms with E-state index >= 15 is 0 Å². The van der Waals surface area contributed by atoms with Gasteiger partial charge in [-0.1, -0.05) is 44.2 Å². The zero-order valence-electron chi connectivity index (χ0n) is 23.6. The molecule has 1 N–H and O–H groups in total. The minimum Gasteiger partial charge on any atom is -0.503 e. The van der Waals surface area contributed by atoms with Crippen molar-refractivity contribution < 1.29 is 19.3 Å². The van der Waals surface area contributed by atoms with Gasteiger partial charge in [0.25, 0.3) is 0 Å². The summed E-state index contributed by atoms with van der Waals surface area (Å²) in [7, 11) is 6.97. The fourth-order valence-electron chi connectivity index (χ4n) is 4.20. The molecular formula is C29H41ClN2O6. The van der Waals surface area contributed by atoms with Crippen molar-refractivity contribution in [2.45, 2.75) is 59.4 Å². The van der Waals surface area contributed by atoms with Gasteiger partial charge in [-0.2, -0.15) is 0 Å². The number of methoxy groups -OCH3 is 2. The van der Waals surface area contributed by atoms with Gasteiger partial charge in [0.1, 0.15) is 18.8 Å². The Morgan fingerprint density at radius 3 is 1.79 bits per heavy atom. The molecule has 2 heterocycles. The second-order valence-corrected chi connectivity index (χ2v) is 8.91. The summed E-state index contributed by atoms with van der Waals surface area (Å²) in [6.45, 7) is 8.08. The largest absolute Gasteiger partial charge is 0.503 e. The molecular weight excluding hydrogens is 508 g/mol. The first kappa shape index (κ1) is 33.0. The van der Waals surface area contributed by atoms with Crippen LogP contribution in [-0.4, -0.2) is 28.5 Å². The lowest BCUT2D eigenvalue weighted by Gasteiger charge is -2.22. The van der Waals surface area contributed by atoms with E-state index in [2.05, 4.69) is 0 Å². The van der Waals surface area contributed by atoms with Gasteiger partial charge in [0.2, 0.25) is 10.9 Å². The molecule has 9 heteroatoms. The highest BCUT2D eigenvalue weighted by Gasteiger charge is 2.21. The highest BCUT2D eigenvalue weighted by Crippen LogP contribution is 2.28. The number of hydrogen-bond acceptors (Lipinski definition) is 6. The molecule has 0 radical (unpaired) electrons. The van der Waals surface area contributed by atoms with Crippen LogP contribution in [0.5, 0.6) is 11.5 Å². The zero-order valence-corrected chi connectivity index (χ0v) is 24.4. The molecule has 0 saturated carbocycles. The van der Waals surface area contributed by atoms with E-state index in [4.69, 9.17) is 14.2 Å². The number of hydrogen-bond donors (Lipinski definition) is 1. The first-order valence-electron chi connectivity index (χ1n) is 12.4. The number of ether oxygens (including phenoxy) is 3. The normalized spacial score (nSPS) is 12.1. The maximum absolute atomic E-state index is 12.4. The molecule has 38 heavy (non-hydrogen) atoms. The monoisotopic (exact) mass is 548 g/mol. The molecule has 0 aliphatic heterocycles. The van der Waals surface area contributed by atoms with E-state index in [9.17, 15) is 14.7 Å². The average molecular weight is 549 g/mol. The maximum Gasteiger partial charge on any atom is 0.224 e. The van der Waals surface area contributed by atoms with Crippen molar-refractivity contribution in [3.8, 4) is 11.5 Å². The molecule has 0 aliphatic carbocycles. The van der Waals surface area contributed by atoms with Crippen LogP contribution in [0.2, 0.25) is 0 Å². The van der Waals surface area contributed by atoms with E-state index in [0.717, 1.165) is 29.1 Å². The molecule has 0 amide bonds. The fraction of sp³-hybridized carbons (Fsp3) is 0.448. The third kappa shape index (κ3) is 7.72. The molecule has 8 nitrogen and oxygen atoms in total. The standard InChI is InChI=1S/C18H23NO3.C11H17NO3.ClH/c1-5-16(21-4)17-18(15(20)11-13(2)19(17)3)22-12-14-9-7-6-8-10-14;1-5-9(15-4)10-11(14)8(13)6-7(2)12(10)3;/h6-11,16H,5,12H2,1-4H3;6,9,14H,5H2,1-4H3;1H. The fourth-order valence-corrected chi connectivity index (χ4v) is 4.20. The summed E-state index contributed by atoms with van der Waals surface area (Å²) in [5, 5.41) is 9.72. The maximum atomic E-state index is 12.4. The molecule has 3 rings (SSSR count). The Labute approximate surface area is 231 Å². The Morgan fingerprint density at radius 2 is 1.29 bits per heavy atom. The molecule has 2 atom stereocenters. The quantitative estimate of drug-likeness (QED) is 0.391. The van der Waals surface area contributed by atoms with Gasteiger partial charge in [-0.05, 0) is 32.3 Å². The van der Waals surface area contributed by atoms with Gasteiger partial charge in [0, 0.05) is 51.8 Å². The highest BCUT2D eigenvalue weighted by atomic mass is 35.5. The third-order valence-corrected chi connectivity index (χ3v) is 6.54. The molecule has 1 aromatic carbocycles. The topological polar surface area (TPSA) is 91.9 Å². The van der Waals surface area contributed by atoms with Gasteiger partial charge in [0.15, 0.2) is 11.5 Å². The number of aromatic nitrogens is 2. The number of nitrogens with zero attached hydrogens (tertiary/aromatic N) is 2. The molecule has 0 spiro atoms. The molecule has 210 valence electrons. The van der Waals surface area contributed by atoms with Crippen molar-refractivity contribution in [1.82, 2.24) is 9.13 Å². The van der Waals surface area contributed by atoms with E-state index in [1.807, 2.05) is 76.7 Å². The molecule has 0 bridgehead atoms. The Morgan fingerprint density at radius 1 is 0.816 bits per heavy atom. The minimum atomic E-state index is -0.351. The Balaban J connectivity index is 0.000000397. The van der Waals surface area contributed by atoms with Crippen LogP contribution < -0.4 is 15.6 Å². The van der Waals surface area contributed by atoms with Gasteiger partial charge in [-0.25, -0.2) is 0 Å². The van der Waals surface area contributed by atoms with Crippen LogP contribution >= 0.6 is 12.4 Å². The summed E-state index contributed by atoms with van der Waals surface area (Å²) >= 11 is 0. The Hall–Kier alpha value is -3.07. The van der Waals surface area contributed by atoms with Crippen molar-refractivity contribution >= 4 is 12.4 Å². The van der Waals surface area contributed by atoms with Gasteiger partial charge < -0.3 is 28.5 Å². The van der Waals surface area contributed by atoms with Crippen LogP contribution in [0.4, 0.5) is 0 Å². The summed E-state index contributed by atoms with van der Waals surface area (Å²) in [5.74, 6) is 0.169. The predicted molar refractivity (Wildman–Crippen MR) is 153 cm³/mol. The van der Waals surface area contributed by atoms with Gasteiger partial charge >= 0.3 is 0 Å². The van der Waals surface area contributed by atoms with Gasteiger partial charge in [-0.15, -0.1) is 12.4 Å². The van der Waals surface area contributed by atoms with Crippen molar-refractivity contribution in [2.24, 2.45) is 14.1 Å². The van der Waals surface area contributed by atoms with Crippen LogP contribution in [-0.2, 0) is 30.2 Å². The average Bonchev–Trinajstić information content (AvgIpc) is 2.89. The summed E-state index contributed by atoms with van der Waals surface area (Å²) < 4.78 is 20.4. The van der Waals surface area contributed by atoms with Crippen molar-refractivity contribution in [1.29, 1.82) is 0 Å². The zero-order chi connectivity index (χ0) is 27.7. The number of halogens is 1. The first-order chi connectivity index (χ1) is 17.6. The van der Waals surface area contributed by atoms with Gasteiger partial charge in [0.05, 0.1) is 11.4 Å². The summed E-state index contributed by atoms with van der Waals surface area (Å²) in [6.07, 6.45) is 1.07. The lowest BCUT2D eigenvalue weighted by Crippen LogP contribution is -2.20. The first-order valence-corrected chi connectivity index (χ1v) is 12.4. The number of pyridine rings is 2. The van der Waals surface area contributed by atoms with Crippen LogP contribution in [0, 0.1) is 13.8 Å². The molecule has 0 aliphatic rings. The Kier molecular flexibility index (Phi) is 13.3. The van der Waals surface area contributed by atoms with E-state index in [1.54, 1.807) is 24.9 Å². The molecule has 2 unspecified atom stereocenters. The van der Waals surface area contributed by atoms with Crippen LogP contribution in [0.15, 0.2) is 52.1 Å². The summed E-state index contributed by atoms with van der Waals surface area (Å²) in [6, 6.07) is 12.8. The minimum absolute atomic E-state index is 0. The second kappa shape index (κ2) is 15.4. The smallest absolute Gasteiger partial charge is 0.224 e. The van der Waals surface area contributed by atoms with E-state index in [1.165, 1.54) is 6.07 Å². The number of aryl methyl sites for hydroxylation is 2. The van der Waals surface area contributed by atoms with Gasteiger partial charge in [-0.3, -0.25) is 9.59 Å². The van der Waals surface area contributed by atoms with E-state index < -0.39 is 0 Å². The van der Waals surface area contributed by atoms with E-state index in [0.29, 0.717) is 24.5 Å². The lowest BCUT2D eigenvalue weighted by atomic mass is 10.1. The SMILES string of the molecule is CCC(OC)c1c(O)c(=O)cc(C)n1C.CCC(OC)c1c(OCc2ccccc2)c(=O)cc(C)n1C.Cl. The van der Waals surface area contributed by atoms with Crippen LogP contribution in [0.3, 0.4) is 0 Å². The molecule has 0 saturated heterocycles. The summed E-state index contributed by atoms with van der Waals surface area (Å²) in [5.41, 5.74) is 3.62. The van der Waals surface area contributed by atoms with Crippen molar-refractivity contribution in [2.75, 3.05) is 14.2 Å². The summed E-state index contributed by atoms with van der Waals surface area (Å²) in [4.78, 5) is 23.8. The number of benzene rings is 1. The number of rotatable bonds is 9. The number of aromatic hydroxyl groups is 1. The third-order valence-electron chi connectivity index (χ3n) is 6.54. The van der Waals surface area contributed by atoms with Crippen LogP contribution in [0.1, 0.15) is 67.2 Å². The molecule has 2 aromatic heterocycles. The molecule has 0 fully saturated rings. The highest BCUT2D eigenvalue weighted by molar-refractivity contribution is 5.85. The Bertz CT molecular complexity index is 1280. The lowest BCUT2D eigenvalue weighted by molar-refractivity contribution is 0.0889. The van der Waals surface area contributed by atoms with Crippen molar-refractivity contribution in [3.05, 3.63) is 91.3 Å². The van der Waals surface area contributed by atoms with Crippen molar-refractivity contribution in [3.63, 3.8) is 0 Å².